The molecule has 2 aromatic rings. The molecule has 23 heavy (non-hydrogen) atoms. The summed E-state index contributed by atoms with van der Waals surface area (Å²) in [5.74, 6) is 0.00105. The molecule has 3 nitrogen and oxygen atoms in total. The molecule has 1 aliphatic rings. The van der Waals surface area contributed by atoms with Gasteiger partial charge in [-0.2, -0.15) is 0 Å². The molecule has 0 saturated heterocycles. The quantitative estimate of drug-likeness (QED) is 0.892. The lowest BCUT2D eigenvalue weighted by Crippen LogP contribution is -2.46. The number of aliphatic hydroxyl groups is 1. The molecule has 0 saturated carbocycles. The first-order valence-corrected chi connectivity index (χ1v) is 8.24. The lowest BCUT2D eigenvalue weighted by molar-refractivity contribution is -0.122. The molecule has 0 heterocycles. The molecule has 1 unspecified atom stereocenters. The van der Waals surface area contributed by atoms with Gasteiger partial charge in [-0.05, 0) is 36.0 Å². The van der Waals surface area contributed by atoms with Gasteiger partial charge in [0.05, 0.1) is 5.60 Å². The van der Waals surface area contributed by atoms with E-state index in [-0.39, 0.29) is 5.91 Å². The zero-order chi connectivity index (χ0) is 16.1. The minimum Gasteiger partial charge on any atom is -0.388 e. The van der Waals surface area contributed by atoms with E-state index >= 15 is 0 Å². The molecule has 0 bridgehead atoms. The number of benzene rings is 2. The van der Waals surface area contributed by atoms with Crippen LogP contribution in [0.1, 0.15) is 29.5 Å². The zero-order valence-corrected chi connectivity index (χ0v) is 13.3. The number of amides is 1. The Labute approximate surface area is 137 Å². The van der Waals surface area contributed by atoms with Crippen LogP contribution in [0.4, 0.5) is 0 Å². The Kier molecular flexibility index (Phi) is 4.77. The molecule has 2 N–H and O–H groups in total. The molecule has 120 valence electrons. The molecule has 2 aromatic carbocycles. The Morgan fingerprint density at radius 3 is 2.52 bits per heavy atom. The fourth-order valence-electron chi connectivity index (χ4n) is 3.19. The second kappa shape index (κ2) is 6.97. The topological polar surface area (TPSA) is 49.3 Å². The molecule has 0 spiro atoms. The Balaban J connectivity index is 1.49. The number of hydrogen-bond donors (Lipinski definition) is 2. The van der Waals surface area contributed by atoms with Gasteiger partial charge in [-0.3, -0.25) is 4.79 Å². The predicted molar refractivity (Wildman–Crippen MR) is 91.2 cm³/mol. The van der Waals surface area contributed by atoms with E-state index in [9.17, 15) is 9.90 Å². The van der Waals surface area contributed by atoms with Crippen molar-refractivity contribution in [3.63, 3.8) is 0 Å². The van der Waals surface area contributed by atoms with Crippen LogP contribution in [0.5, 0.6) is 0 Å². The van der Waals surface area contributed by atoms with Crippen molar-refractivity contribution in [3.05, 3.63) is 71.3 Å². The molecule has 1 amide bonds. The highest BCUT2D eigenvalue weighted by atomic mass is 16.3. The van der Waals surface area contributed by atoms with Gasteiger partial charge in [0, 0.05) is 19.4 Å². The van der Waals surface area contributed by atoms with Crippen LogP contribution in [0.25, 0.3) is 0 Å². The number of fused-ring (bicyclic) bond motifs is 1. The summed E-state index contributed by atoms with van der Waals surface area (Å²) >= 11 is 0. The van der Waals surface area contributed by atoms with Crippen LogP contribution in [0, 0.1) is 0 Å². The summed E-state index contributed by atoms with van der Waals surface area (Å²) in [7, 11) is 0. The van der Waals surface area contributed by atoms with Gasteiger partial charge in [0.1, 0.15) is 0 Å². The van der Waals surface area contributed by atoms with Crippen LogP contribution >= 0.6 is 0 Å². The summed E-state index contributed by atoms with van der Waals surface area (Å²) in [6, 6.07) is 18.2. The fraction of sp³-hybridized carbons (Fsp3) is 0.350. The van der Waals surface area contributed by atoms with E-state index < -0.39 is 5.60 Å². The highest BCUT2D eigenvalue weighted by Gasteiger charge is 2.32. The smallest absolute Gasteiger partial charge is 0.220 e. The predicted octanol–water partition coefficient (Wildman–Crippen LogP) is 2.66. The summed E-state index contributed by atoms with van der Waals surface area (Å²) < 4.78 is 0. The molecule has 1 aliphatic carbocycles. The van der Waals surface area contributed by atoms with Gasteiger partial charge in [0.2, 0.25) is 5.91 Å². The molecule has 0 radical (unpaired) electrons. The highest BCUT2D eigenvalue weighted by molar-refractivity contribution is 5.76. The zero-order valence-electron chi connectivity index (χ0n) is 13.3. The Morgan fingerprint density at radius 2 is 1.74 bits per heavy atom. The van der Waals surface area contributed by atoms with Crippen LogP contribution < -0.4 is 5.32 Å². The van der Waals surface area contributed by atoms with Gasteiger partial charge in [-0.25, -0.2) is 0 Å². The number of nitrogens with one attached hydrogen (secondary N) is 1. The van der Waals surface area contributed by atoms with Crippen LogP contribution in [0.15, 0.2) is 54.6 Å². The van der Waals surface area contributed by atoms with Crippen LogP contribution in [-0.2, 0) is 24.1 Å². The maximum Gasteiger partial charge on any atom is 0.220 e. The van der Waals surface area contributed by atoms with E-state index in [0.29, 0.717) is 25.8 Å². The maximum absolute atomic E-state index is 12.0. The van der Waals surface area contributed by atoms with Crippen LogP contribution in [0.3, 0.4) is 0 Å². The third-order valence-electron chi connectivity index (χ3n) is 4.60. The van der Waals surface area contributed by atoms with Crippen LogP contribution in [-0.4, -0.2) is 23.2 Å². The number of hydrogen-bond acceptors (Lipinski definition) is 2. The van der Waals surface area contributed by atoms with Crippen molar-refractivity contribution in [2.24, 2.45) is 0 Å². The summed E-state index contributed by atoms with van der Waals surface area (Å²) in [5.41, 5.74) is 2.84. The summed E-state index contributed by atoms with van der Waals surface area (Å²) in [6.45, 7) is 0.328. The van der Waals surface area contributed by atoms with E-state index in [0.717, 1.165) is 18.4 Å². The van der Waals surface area contributed by atoms with Crippen molar-refractivity contribution in [2.45, 2.75) is 37.7 Å². The standard InChI is InChI=1S/C20H23NO2/c22-19(11-10-16-6-2-1-3-7-16)21-15-20(23)13-12-17-8-4-5-9-18(17)14-20/h1-9,23H,10-15H2,(H,21,22). The number of carbonyl (C=O) groups is 1. The van der Waals surface area contributed by atoms with Crippen molar-refractivity contribution in [3.8, 4) is 0 Å². The average molecular weight is 309 g/mol. The minimum absolute atomic E-state index is 0.00105. The molecular formula is C20H23NO2. The molecule has 1 atom stereocenters. The molecule has 0 aromatic heterocycles. The lowest BCUT2D eigenvalue weighted by Gasteiger charge is -2.33. The van der Waals surface area contributed by atoms with E-state index in [1.807, 2.05) is 42.5 Å². The Hall–Kier alpha value is -2.13. The first-order valence-electron chi connectivity index (χ1n) is 8.24. The Morgan fingerprint density at radius 1 is 1.04 bits per heavy atom. The molecule has 0 aliphatic heterocycles. The van der Waals surface area contributed by atoms with Crippen molar-refractivity contribution in [2.75, 3.05) is 6.54 Å². The van der Waals surface area contributed by atoms with Crippen molar-refractivity contribution < 1.29 is 9.90 Å². The van der Waals surface area contributed by atoms with E-state index in [4.69, 9.17) is 0 Å². The SMILES string of the molecule is O=C(CCc1ccccc1)NCC1(O)CCc2ccccc2C1. The Bertz CT molecular complexity index is 668. The first kappa shape index (κ1) is 15.8. The third-order valence-corrected chi connectivity index (χ3v) is 4.60. The van der Waals surface area contributed by atoms with Crippen molar-refractivity contribution in [1.82, 2.24) is 5.32 Å². The highest BCUT2D eigenvalue weighted by Crippen LogP contribution is 2.28. The molecule has 0 fully saturated rings. The minimum atomic E-state index is -0.823. The molecular weight excluding hydrogens is 286 g/mol. The third kappa shape index (κ3) is 4.20. The first-order chi connectivity index (χ1) is 11.1. The summed E-state index contributed by atoms with van der Waals surface area (Å²) in [5, 5.41) is 13.6. The van der Waals surface area contributed by atoms with Gasteiger partial charge < -0.3 is 10.4 Å². The second-order valence-electron chi connectivity index (χ2n) is 6.43. The summed E-state index contributed by atoms with van der Waals surface area (Å²) in [6.07, 6.45) is 3.36. The van der Waals surface area contributed by atoms with Crippen molar-refractivity contribution in [1.29, 1.82) is 0 Å². The maximum atomic E-state index is 12.0. The second-order valence-corrected chi connectivity index (χ2v) is 6.43. The van der Waals surface area contributed by atoms with Gasteiger partial charge in [0.15, 0.2) is 0 Å². The van der Waals surface area contributed by atoms with Gasteiger partial charge in [0.25, 0.3) is 0 Å². The van der Waals surface area contributed by atoms with Crippen LogP contribution in [0.2, 0.25) is 0 Å². The van der Waals surface area contributed by atoms with E-state index in [2.05, 4.69) is 17.4 Å². The van der Waals surface area contributed by atoms with E-state index in [1.165, 1.54) is 11.1 Å². The number of rotatable bonds is 5. The van der Waals surface area contributed by atoms with E-state index in [1.54, 1.807) is 0 Å². The monoisotopic (exact) mass is 309 g/mol. The molecule has 3 rings (SSSR count). The van der Waals surface area contributed by atoms with Gasteiger partial charge >= 0.3 is 0 Å². The van der Waals surface area contributed by atoms with Gasteiger partial charge in [-0.1, -0.05) is 54.6 Å². The largest absolute Gasteiger partial charge is 0.388 e. The number of carbonyl (C=O) groups excluding carboxylic acids is 1. The molecule has 3 heteroatoms. The average Bonchev–Trinajstić information content (AvgIpc) is 2.59. The fourth-order valence-corrected chi connectivity index (χ4v) is 3.19. The lowest BCUT2D eigenvalue weighted by atomic mass is 9.80. The number of aryl methyl sites for hydroxylation is 2. The van der Waals surface area contributed by atoms with Crippen molar-refractivity contribution >= 4 is 5.91 Å². The normalized spacial score (nSPS) is 19.9. The van der Waals surface area contributed by atoms with Gasteiger partial charge in [-0.15, -0.1) is 0 Å². The summed E-state index contributed by atoms with van der Waals surface area (Å²) in [4.78, 5) is 12.0.